The predicted molar refractivity (Wildman–Crippen MR) is 82.8 cm³/mol. The molecule has 18 heavy (non-hydrogen) atoms. The van der Waals surface area contributed by atoms with Gasteiger partial charge in [-0.3, -0.25) is 0 Å². The Bertz CT molecular complexity index is 158. The summed E-state index contributed by atoms with van der Waals surface area (Å²) in [5.74, 6) is 4.05. The second kappa shape index (κ2) is 8.99. The molecule has 0 unspecified atom stereocenters. The largest absolute Gasteiger partial charge is 0.0625 e. The van der Waals surface area contributed by atoms with Gasteiger partial charge in [-0.1, -0.05) is 91.9 Å². The van der Waals surface area contributed by atoms with E-state index in [0.29, 0.717) is 0 Å². The average molecular weight is 252 g/mol. The van der Waals surface area contributed by atoms with Crippen molar-refractivity contribution in [1.82, 2.24) is 0 Å². The minimum absolute atomic E-state index is 1.01. The SMILES string of the molecule is CC1CCC(C)CC1.CC1CCCC(C)CCC1. The van der Waals surface area contributed by atoms with E-state index in [1.165, 1.54) is 64.2 Å². The molecule has 0 heteroatoms. The van der Waals surface area contributed by atoms with E-state index in [0.717, 1.165) is 23.7 Å². The van der Waals surface area contributed by atoms with Gasteiger partial charge in [0.1, 0.15) is 0 Å². The van der Waals surface area contributed by atoms with Crippen LogP contribution in [-0.2, 0) is 0 Å². The zero-order valence-corrected chi connectivity index (χ0v) is 13.4. The molecule has 0 aromatic rings. The van der Waals surface area contributed by atoms with Crippen LogP contribution in [0.2, 0.25) is 0 Å². The third-order valence-corrected chi connectivity index (χ3v) is 5.09. The van der Waals surface area contributed by atoms with E-state index in [9.17, 15) is 0 Å². The molecule has 2 rings (SSSR count). The molecule has 2 saturated carbocycles. The van der Waals surface area contributed by atoms with Gasteiger partial charge in [0.2, 0.25) is 0 Å². The van der Waals surface area contributed by atoms with Crippen LogP contribution in [0, 0.1) is 23.7 Å². The van der Waals surface area contributed by atoms with Crippen molar-refractivity contribution in [3.63, 3.8) is 0 Å². The lowest BCUT2D eigenvalue weighted by Gasteiger charge is -2.22. The molecule has 2 aliphatic carbocycles. The van der Waals surface area contributed by atoms with Crippen LogP contribution in [0.1, 0.15) is 91.9 Å². The topological polar surface area (TPSA) is 0 Å². The zero-order valence-electron chi connectivity index (χ0n) is 13.4. The summed E-state index contributed by atoms with van der Waals surface area (Å²) in [7, 11) is 0. The molecule has 0 amide bonds. The molecule has 0 atom stereocenters. The van der Waals surface area contributed by atoms with Crippen molar-refractivity contribution in [2.24, 2.45) is 23.7 Å². The van der Waals surface area contributed by atoms with Crippen LogP contribution >= 0.6 is 0 Å². The first kappa shape index (κ1) is 16.1. The van der Waals surface area contributed by atoms with E-state index < -0.39 is 0 Å². The Morgan fingerprint density at radius 3 is 0.889 bits per heavy atom. The standard InChI is InChI=1S/C10H20.C8H16/c1-9-5-3-7-10(2)8-4-6-9;1-7-3-5-8(2)6-4-7/h9-10H,3-8H2,1-2H3;7-8H,3-6H2,1-2H3. The average Bonchev–Trinajstić information content (AvgIpc) is 2.31. The van der Waals surface area contributed by atoms with Crippen molar-refractivity contribution in [3.05, 3.63) is 0 Å². The highest BCUT2D eigenvalue weighted by Crippen LogP contribution is 2.27. The zero-order chi connectivity index (χ0) is 13.4. The van der Waals surface area contributed by atoms with E-state index in [2.05, 4.69) is 27.7 Å². The lowest BCUT2D eigenvalue weighted by atomic mass is 9.84. The van der Waals surface area contributed by atoms with Crippen molar-refractivity contribution in [2.45, 2.75) is 91.9 Å². The minimum atomic E-state index is 1.01. The van der Waals surface area contributed by atoms with Gasteiger partial charge in [0.15, 0.2) is 0 Å². The quantitative estimate of drug-likeness (QED) is 0.465. The number of hydrogen-bond donors (Lipinski definition) is 0. The lowest BCUT2D eigenvalue weighted by molar-refractivity contribution is 0.308. The van der Waals surface area contributed by atoms with Crippen molar-refractivity contribution < 1.29 is 0 Å². The molecule has 0 aromatic heterocycles. The minimum Gasteiger partial charge on any atom is -0.0625 e. The summed E-state index contributed by atoms with van der Waals surface area (Å²) in [6.07, 6.45) is 14.7. The highest BCUT2D eigenvalue weighted by Gasteiger charge is 2.13. The maximum Gasteiger partial charge on any atom is -0.0443 e. The van der Waals surface area contributed by atoms with Gasteiger partial charge in [-0.05, 0) is 23.7 Å². The van der Waals surface area contributed by atoms with Crippen molar-refractivity contribution in [3.8, 4) is 0 Å². The lowest BCUT2D eigenvalue weighted by Crippen LogP contribution is -2.08. The molecule has 2 fully saturated rings. The van der Waals surface area contributed by atoms with E-state index in [1.807, 2.05) is 0 Å². The van der Waals surface area contributed by atoms with Crippen LogP contribution in [0.25, 0.3) is 0 Å². The molecule has 0 radical (unpaired) electrons. The van der Waals surface area contributed by atoms with Gasteiger partial charge >= 0.3 is 0 Å². The van der Waals surface area contributed by atoms with Gasteiger partial charge in [-0.2, -0.15) is 0 Å². The summed E-state index contributed by atoms with van der Waals surface area (Å²) in [5.41, 5.74) is 0. The molecule has 0 aromatic carbocycles. The van der Waals surface area contributed by atoms with Crippen LogP contribution in [-0.4, -0.2) is 0 Å². The van der Waals surface area contributed by atoms with Crippen LogP contribution in [0.15, 0.2) is 0 Å². The Balaban J connectivity index is 0.000000184. The highest BCUT2D eigenvalue weighted by atomic mass is 14.2. The number of hydrogen-bond acceptors (Lipinski definition) is 0. The molecule has 0 spiro atoms. The van der Waals surface area contributed by atoms with Gasteiger partial charge in [0.25, 0.3) is 0 Å². The van der Waals surface area contributed by atoms with E-state index in [-0.39, 0.29) is 0 Å². The summed E-state index contributed by atoms with van der Waals surface area (Å²) >= 11 is 0. The Morgan fingerprint density at radius 1 is 0.389 bits per heavy atom. The van der Waals surface area contributed by atoms with Crippen molar-refractivity contribution >= 4 is 0 Å². The monoisotopic (exact) mass is 252 g/mol. The summed E-state index contributed by atoms with van der Waals surface area (Å²) in [5, 5.41) is 0. The summed E-state index contributed by atoms with van der Waals surface area (Å²) in [6.45, 7) is 9.53. The van der Waals surface area contributed by atoms with Gasteiger partial charge in [0, 0.05) is 0 Å². The maximum atomic E-state index is 2.40. The van der Waals surface area contributed by atoms with Crippen LogP contribution in [0.4, 0.5) is 0 Å². The molecular weight excluding hydrogens is 216 g/mol. The molecule has 0 saturated heterocycles. The summed E-state index contributed by atoms with van der Waals surface area (Å²) < 4.78 is 0. The molecule has 0 heterocycles. The van der Waals surface area contributed by atoms with Gasteiger partial charge in [-0.15, -0.1) is 0 Å². The molecule has 0 bridgehead atoms. The second-order valence-corrected chi connectivity index (χ2v) is 7.44. The molecule has 2 aliphatic rings. The summed E-state index contributed by atoms with van der Waals surface area (Å²) in [6, 6.07) is 0. The third-order valence-electron chi connectivity index (χ3n) is 5.09. The summed E-state index contributed by atoms with van der Waals surface area (Å²) in [4.78, 5) is 0. The number of rotatable bonds is 0. The fraction of sp³-hybridized carbons (Fsp3) is 1.00. The first-order valence-corrected chi connectivity index (χ1v) is 8.58. The molecule has 0 aliphatic heterocycles. The fourth-order valence-corrected chi connectivity index (χ4v) is 3.34. The van der Waals surface area contributed by atoms with E-state index in [4.69, 9.17) is 0 Å². The fourth-order valence-electron chi connectivity index (χ4n) is 3.34. The molecule has 0 N–H and O–H groups in total. The van der Waals surface area contributed by atoms with Gasteiger partial charge in [0.05, 0.1) is 0 Å². The Labute approximate surface area is 116 Å². The molecule has 108 valence electrons. The Hall–Kier alpha value is 0. The van der Waals surface area contributed by atoms with Gasteiger partial charge < -0.3 is 0 Å². The van der Waals surface area contributed by atoms with Crippen LogP contribution in [0.5, 0.6) is 0 Å². The Kier molecular flexibility index (Phi) is 8.02. The van der Waals surface area contributed by atoms with E-state index >= 15 is 0 Å². The van der Waals surface area contributed by atoms with E-state index in [1.54, 1.807) is 0 Å². The van der Waals surface area contributed by atoms with Gasteiger partial charge in [-0.25, -0.2) is 0 Å². The Morgan fingerprint density at radius 2 is 0.611 bits per heavy atom. The van der Waals surface area contributed by atoms with Crippen molar-refractivity contribution in [2.75, 3.05) is 0 Å². The normalized spacial score (nSPS) is 38.0. The highest BCUT2D eigenvalue weighted by molar-refractivity contribution is 4.65. The van der Waals surface area contributed by atoms with Crippen LogP contribution in [0.3, 0.4) is 0 Å². The predicted octanol–water partition coefficient (Wildman–Crippen LogP) is 6.45. The third kappa shape index (κ3) is 7.44. The smallest absolute Gasteiger partial charge is 0.0443 e. The second-order valence-electron chi connectivity index (χ2n) is 7.44. The maximum absolute atomic E-state index is 2.40. The first-order chi connectivity index (χ1) is 8.58. The molecule has 0 nitrogen and oxygen atoms in total. The van der Waals surface area contributed by atoms with Crippen molar-refractivity contribution in [1.29, 1.82) is 0 Å². The van der Waals surface area contributed by atoms with Crippen LogP contribution < -0.4 is 0 Å². The molecular formula is C18H36. The first-order valence-electron chi connectivity index (χ1n) is 8.58.